The Labute approximate surface area is 120 Å². The molecule has 1 amide bonds. The van der Waals surface area contributed by atoms with Gasteiger partial charge in [-0.15, -0.1) is 0 Å². The fourth-order valence-corrected chi connectivity index (χ4v) is 2.50. The van der Waals surface area contributed by atoms with Gasteiger partial charge in [-0.2, -0.15) is 0 Å². The predicted molar refractivity (Wildman–Crippen MR) is 79.9 cm³/mol. The van der Waals surface area contributed by atoms with Gasteiger partial charge in [0.05, 0.1) is 0 Å². The van der Waals surface area contributed by atoms with E-state index in [1.165, 1.54) is 0 Å². The zero-order valence-electron chi connectivity index (χ0n) is 12.2. The summed E-state index contributed by atoms with van der Waals surface area (Å²) in [6.07, 6.45) is 2.96. The van der Waals surface area contributed by atoms with Crippen LogP contribution < -0.4 is 10.6 Å². The highest BCUT2D eigenvalue weighted by Gasteiger charge is 2.16. The Morgan fingerprint density at radius 1 is 1.30 bits per heavy atom. The molecule has 2 rings (SSSR count). The van der Waals surface area contributed by atoms with Crippen LogP contribution >= 0.6 is 0 Å². The molecule has 0 aromatic heterocycles. The van der Waals surface area contributed by atoms with Gasteiger partial charge in [0.2, 0.25) is 0 Å². The summed E-state index contributed by atoms with van der Waals surface area (Å²) in [5.74, 6) is 0.598. The second-order valence-electron chi connectivity index (χ2n) is 5.28. The summed E-state index contributed by atoms with van der Waals surface area (Å²) in [6, 6.07) is 7.84. The number of amides is 1. The molecular formula is C16H24N2O2. The second-order valence-corrected chi connectivity index (χ2v) is 5.28. The first-order chi connectivity index (χ1) is 9.81. The summed E-state index contributed by atoms with van der Waals surface area (Å²) in [5.41, 5.74) is 1.90. The van der Waals surface area contributed by atoms with Crippen LogP contribution in [-0.2, 0) is 11.2 Å². The average Bonchev–Trinajstić information content (AvgIpc) is 2.52. The summed E-state index contributed by atoms with van der Waals surface area (Å²) in [5, 5.41) is 6.19. The van der Waals surface area contributed by atoms with Crippen LogP contribution in [0.25, 0.3) is 0 Å². The van der Waals surface area contributed by atoms with Crippen molar-refractivity contribution in [2.45, 2.75) is 19.3 Å². The van der Waals surface area contributed by atoms with E-state index >= 15 is 0 Å². The van der Waals surface area contributed by atoms with Gasteiger partial charge in [-0.3, -0.25) is 4.79 Å². The first kappa shape index (κ1) is 15.0. The fourth-order valence-electron chi connectivity index (χ4n) is 2.50. The molecule has 1 aliphatic heterocycles. The highest BCUT2D eigenvalue weighted by atomic mass is 16.5. The van der Waals surface area contributed by atoms with Crippen LogP contribution in [0.4, 0.5) is 0 Å². The number of hydrogen-bond donors (Lipinski definition) is 2. The normalized spacial score (nSPS) is 16.1. The van der Waals surface area contributed by atoms with Crippen LogP contribution in [0.5, 0.6) is 0 Å². The van der Waals surface area contributed by atoms with Gasteiger partial charge >= 0.3 is 0 Å². The molecule has 0 saturated carbocycles. The Bertz CT molecular complexity index is 428. The molecule has 0 spiro atoms. The smallest absolute Gasteiger partial charge is 0.251 e. The van der Waals surface area contributed by atoms with Crippen molar-refractivity contribution in [1.29, 1.82) is 0 Å². The topological polar surface area (TPSA) is 50.4 Å². The molecule has 1 fully saturated rings. The Morgan fingerprint density at radius 2 is 2.05 bits per heavy atom. The third kappa shape index (κ3) is 4.32. The summed E-state index contributed by atoms with van der Waals surface area (Å²) in [4.78, 5) is 12.3. The fraction of sp³-hybridized carbons (Fsp3) is 0.562. The van der Waals surface area contributed by atoms with Gasteiger partial charge in [-0.25, -0.2) is 0 Å². The molecule has 0 bridgehead atoms. The third-order valence-electron chi connectivity index (χ3n) is 3.80. The maximum absolute atomic E-state index is 12.3. The minimum absolute atomic E-state index is 0.0446. The highest BCUT2D eigenvalue weighted by Crippen LogP contribution is 2.14. The van der Waals surface area contributed by atoms with Crippen molar-refractivity contribution in [1.82, 2.24) is 10.6 Å². The standard InChI is InChI=1S/C16H24N2O2/c1-17-9-6-14-4-2-3-5-15(14)16(19)18-12-13-7-10-20-11-8-13/h2-5,13,17H,6-12H2,1H3,(H,18,19). The van der Waals surface area contributed by atoms with E-state index in [-0.39, 0.29) is 5.91 Å². The van der Waals surface area contributed by atoms with Gasteiger partial charge in [-0.1, -0.05) is 18.2 Å². The molecule has 2 N–H and O–H groups in total. The van der Waals surface area contributed by atoms with Crippen LogP contribution in [0.15, 0.2) is 24.3 Å². The molecule has 1 aliphatic rings. The van der Waals surface area contributed by atoms with Crippen molar-refractivity contribution >= 4 is 5.91 Å². The quantitative estimate of drug-likeness (QED) is 0.830. The zero-order chi connectivity index (χ0) is 14.2. The SMILES string of the molecule is CNCCc1ccccc1C(=O)NCC1CCOCC1. The first-order valence-electron chi connectivity index (χ1n) is 7.39. The van der Waals surface area contributed by atoms with E-state index in [0.717, 1.165) is 56.7 Å². The van der Waals surface area contributed by atoms with Gasteiger partial charge in [0.1, 0.15) is 0 Å². The van der Waals surface area contributed by atoms with Crippen molar-refractivity contribution < 1.29 is 9.53 Å². The first-order valence-corrected chi connectivity index (χ1v) is 7.39. The lowest BCUT2D eigenvalue weighted by Gasteiger charge is -2.22. The van der Waals surface area contributed by atoms with Gasteiger partial charge in [0.25, 0.3) is 5.91 Å². The Balaban J connectivity index is 1.90. The molecule has 4 nitrogen and oxygen atoms in total. The number of rotatable bonds is 6. The van der Waals surface area contributed by atoms with Crippen LogP contribution in [0.2, 0.25) is 0 Å². The van der Waals surface area contributed by atoms with E-state index in [1.807, 2.05) is 31.3 Å². The van der Waals surface area contributed by atoms with Crippen molar-refractivity contribution in [3.63, 3.8) is 0 Å². The average molecular weight is 276 g/mol. The molecule has 1 aromatic carbocycles. The van der Waals surface area contributed by atoms with E-state index in [9.17, 15) is 4.79 Å². The molecule has 20 heavy (non-hydrogen) atoms. The number of ether oxygens (including phenoxy) is 1. The third-order valence-corrected chi connectivity index (χ3v) is 3.80. The number of nitrogens with one attached hydrogen (secondary N) is 2. The molecule has 0 radical (unpaired) electrons. The Hall–Kier alpha value is -1.39. The lowest BCUT2D eigenvalue weighted by atomic mass is 9.99. The largest absolute Gasteiger partial charge is 0.381 e. The number of carbonyl (C=O) groups is 1. The Kier molecular flexibility index (Phi) is 6.02. The van der Waals surface area contributed by atoms with Gasteiger partial charge in [0, 0.05) is 25.3 Å². The molecule has 4 heteroatoms. The summed E-state index contributed by atoms with van der Waals surface area (Å²) in [7, 11) is 1.92. The van der Waals surface area contributed by atoms with E-state index in [0.29, 0.717) is 5.92 Å². The molecule has 110 valence electrons. The van der Waals surface area contributed by atoms with Crippen LogP contribution in [0, 0.1) is 5.92 Å². The van der Waals surface area contributed by atoms with E-state index in [4.69, 9.17) is 4.74 Å². The second kappa shape index (κ2) is 8.02. The predicted octanol–water partition coefficient (Wildman–Crippen LogP) is 1.60. The summed E-state index contributed by atoms with van der Waals surface area (Å²) in [6.45, 7) is 3.27. The monoisotopic (exact) mass is 276 g/mol. The summed E-state index contributed by atoms with van der Waals surface area (Å²) >= 11 is 0. The molecule has 0 unspecified atom stereocenters. The summed E-state index contributed by atoms with van der Waals surface area (Å²) < 4.78 is 5.33. The molecular weight excluding hydrogens is 252 g/mol. The minimum Gasteiger partial charge on any atom is -0.381 e. The highest BCUT2D eigenvalue weighted by molar-refractivity contribution is 5.95. The lowest BCUT2D eigenvalue weighted by molar-refractivity contribution is 0.0642. The van der Waals surface area contributed by atoms with Gasteiger partial charge in [-0.05, 0) is 50.4 Å². The number of benzene rings is 1. The number of hydrogen-bond acceptors (Lipinski definition) is 3. The molecule has 1 aromatic rings. The molecule has 1 heterocycles. The molecule has 0 aliphatic carbocycles. The van der Waals surface area contributed by atoms with E-state index < -0.39 is 0 Å². The van der Waals surface area contributed by atoms with Crippen LogP contribution in [0.3, 0.4) is 0 Å². The number of likely N-dealkylation sites (N-methyl/N-ethyl adjacent to an activating group) is 1. The van der Waals surface area contributed by atoms with Crippen molar-refractivity contribution in [3.05, 3.63) is 35.4 Å². The molecule has 0 atom stereocenters. The molecule has 1 saturated heterocycles. The van der Waals surface area contributed by atoms with Gasteiger partial charge < -0.3 is 15.4 Å². The zero-order valence-corrected chi connectivity index (χ0v) is 12.2. The number of carbonyl (C=O) groups excluding carboxylic acids is 1. The van der Waals surface area contributed by atoms with Crippen LogP contribution in [-0.4, -0.2) is 39.3 Å². The van der Waals surface area contributed by atoms with Gasteiger partial charge in [0.15, 0.2) is 0 Å². The lowest BCUT2D eigenvalue weighted by Crippen LogP contribution is -2.32. The Morgan fingerprint density at radius 3 is 2.80 bits per heavy atom. The van der Waals surface area contributed by atoms with Crippen LogP contribution in [0.1, 0.15) is 28.8 Å². The van der Waals surface area contributed by atoms with E-state index in [1.54, 1.807) is 0 Å². The minimum atomic E-state index is 0.0446. The van der Waals surface area contributed by atoms with Crippen molar-refractivity contribution in [2.24, 2.45) is 5.92 Å². The van der Waals surface area contributed by atoms with Crippen molar-refractivity contribution in [3.8, 4) is 0 Å². The van der Waals surface area contributed by atoms with E-state index in [2.05, 4.69) is 10.6 Å². The van der Waals surface area contributed by atoms with Crippen molar-refractivity contribution in [2.75, 3.05) is 33.4 Å². The maximum atomic E-state index is 12.3. The maximum Gasteiger partial charge on any atom is 0.251 e.